The molecule has 0 radical (unpaired) electrons. The summed E-state index contributed by atoms with van der Waals surface area (Å²) in [5.74, 6) is 1.22. The SMILES string of the molecule is CC(C)n1cc(C(=O)NC2COC2)c2cnc(Nc3ccnc(-c4cnn(S(=O)(=O)C5CC5)c4)n3)cc21. The summed E-state index contributed by atoms with van der Waals surface area (Å²) in [4.78, 5) is 26.2. The molecule has 2 fully saturated rings. The van der Waals surface area contributed by atoms with Gasteiger partial charge in [-0.05, 0) is 32.8 Å². The number of ether oxygens (including phenoxy) is 1. The first kappa shape index (κ1) is 23.6. The van der Waals surface area contributed by atoms with Crippen LogP contribution in [-0.2, 0) is 14.8 Å². The number of rotatable bonds is 8. The maximum atomic E-state index is 12.9. The summed E-state index contributed by atoms with van der Waals surface area (Å²) in [5.41, 5.74) is 1.93. The molecule has 0 bridgehead atoms. The Morgan fingerprint density at radius 1 is 1.14 bits per heavy atom. The first-order valence-electron chi connectivity index (χ1n) is 12.1. The fourth-order valence-corrected chi connectivity index (χ4v) is 5.66. The molecule has 13 heteroatoms. The van der Waals surface area contributed by atoms with Crippen LogP contribution in [0.1, 0.15) is 43.1 Å². The number of hydrogen-bond acceptors (Lipinski definition) is 9. The van der Waals surface area contributed by atoms with E-state index in [2.05, 4.69) is 44.5 Å². The molecule has 0 atom stereocenters. The fraction of sp³-hybridized carbons (Fsp3) is 0.375. The molecule has 1 saturated carbocycles. The monoisotopic (exact) mass is 522 g/mol. The molecule has 1 aliphatic carbocycles. The average molecular weight is 523 g/mol. The van der Waals surface area contributed by atoms with Crippen LogP contribution in [-0.4, -0.2) is 67.5 Å². The molecule has 1 saturated heterocycles. The van der Waals surface area contributed by atoms with Gasteiger partial charge in [0, 0.05) is 36.1 Å². The van der Waals surface area contributed by atoms with Crippen LogP contribution in [0, 0.1) is 0 Å². The highest BCUT2D eigenvalue weighted by Crippen LogP contribution is 2.31. The minimum Gasteiger partial charge on any atom is -0.377 e. The van der Waals surface area contributed by atoms with E-state index in [1.807, 2.05) is 16.8 Å². The second-order valence-electron chi connectivity index (χ2n) is 9.57. The molecule has 1 aliphatic heterocycles. The van der Waals surface area contributed by atoms with Gasteiger partial charge in [-0.2, -0.15) is 9.19 Å². The Labute approximate surface area is 213 Å². The summed E-state index contributed by atoms with van der Waals surface area (Å²) in [6, 6.07) is 3.73. The van der Waals surface area contributed by atoms with Gasteiger partial charge in [0.05, 0.1) is 53.5 Å². The summed E-state index contributed by atoms with van der Waals surface area (Å²) in [6.45, 7) is 5.15. The molecule has 2 aliphatic rings. The van der Waals surface area contributed by atoms with Crippen LogP contribution >= 0.6 is 0 Å². The van der Waals surface area contributed by atoms with E-state index in [1.54, 1.807) is 18.5 Å². The number of fused-ring (bicyclic) bond motifs is 1. The zero-order valence-corrected chi connectivity index (χ0v) is 21.1. The maximum Gasteiger partial charge on any atom is 0.256 e. The molecule has 1 amide bonds. The third-order valence-electron chi connectivity index (χ3n) is 6.43. The second-order valence-corrected chi connectivity index (χ2v) is 11.6. The van der Waals surface area contributed by atoms with Crippen molar-refractivity contribution in [2.24, 2.45) is 0 Å². The average Bonchev–Trinajstić information content (AvgIpc) is 3.47. The highest BCUT2D eigenvalue weighted by Gasteiger charge is 2.37. The molecular formula is C24H26N8O4S. The molecule has 4 aromatic heterocycles. The van der Waals surface area contributed by atoms with Crippen LogP contribution in [0.3, 0.4) is 0 Å². The quantitative estimate of drug-likeness (QED) is 0.356. The highest BCUT2D eigenvalue weighted by molar-refractivity contribution is 7.90. The van der Waals surface area contributed by atoms with E-state index in [0.717, 1.165) is 15.0 Å². The van der Waals surface area contributed by atoms with Crippen molar-refractivity contribution in [1.29, 1.82) is 0 Å². The van der Waals surface area contributed by atoms with Crippen molar-refractivity contribution < 1.29 is 17.9 Å². The zero-order valence-electron chi connectivity index (χ0n) is 20.3. The van der Waals surface area contributed by atoms with Crippen molar-refractivity contribution in [2.75, 3.05) is 18.5 Å². The van der Waals surface area contributed by atoms with Gasteiger partial charge in [-0.25, -0.2) is 23.4 Å². The standard InChI is InChI=1S/C24H26N8O4S/c1-14(2)31-11-19(24(33)28-16-12-36-13-16)18-9-26-22(7-20(18)31)29-21-5-6-25-23(30-21)15-8-27-32(10-15)37(34,35)17-3-4-17/h5-11,14,16-17H,3-4,12-13H2,1-2H3,(H,28,33)(H,25,26,29,30). The van der Waals surface area contributed by atoms with Crippen LogP contribution < -0.4 is 10.6 Å². The lowest BCUT2D eigenvalue weighted by Gasteiger charge is -2.26. The van der Waals surface area contributed by atoms with E-state index < -0.39 is 10.0 Å². The molecule has 4 aromatic rings. The van der Waals surface area contributed by atoms with Crippen LogP contribution in [0.2, 0.25) is 0 Å². The third-order valence-corrected chi connectivity index (χ3v) is 8.46. The van der Waals surface area contributed by atoms with Crippen molar-refractivity contribution in [1.82, 2.24) is 34.0 Å². The van der Waals surface area contributed by atoms with Crippen LogP contribution in [0.4, 0.5) is 11.6 Å². The van der Waals surface area contributed by atoms with Gasteiger partial charge < -0.3 is 19.9 Å². The number of carbonyl (C=O) groups excluding carboxylic acids is 1. The number of nitrogens with zero attached hydrogens (tertiary/aromatic N) is 6. The molecular weight excluding hydrogens is 496 g/mol. The van der Waals surface area contributed by atoms with Crippen molar-refractivity contribution in [2.45, 2.75) is 44.0 Å². The van der Waals surface area contributed by atoms with Crippen molar-refractivity contribution in [3.63, 3.8) is 0 Å². The molecule has 0 unspecified atom stereocenters. The summed E-state index contributed by atoms with van der Waals surface area (Å²) < 4.78 is 33.1. The van der Waals surface area contributed by atoms with E-state index in [-0.39, 0.29) is 23.2 Å². The fourth-order valence-electron chi connectivity index (χ4n) is 4.18. The number of hydrogen-bond donors (Lipinski definition) is 2. The van der Waals surface area contributed by atoms with E-state index >= 15 is 0 Å². The summed E-state index contributed by atoms with van der Waals surface area (Å²) in [7, 11) is -3.47. The Bertz CT molecular complexity index is 1600. The number of aromatic nitrogens is 6. The van der Waals surface area contributed by atoms with Crippen LogP contribution in [0.25, 0.3) is 22.3 Å². The van der Waals surface area contributed by atoms with Crippen LogP contribution in [0.5, 0.6) is 0 Å². The minimum absolute atomic E-state index is 0.0340. The van der Waals surface area contributed by atoms with Gasteiger partial charge in [0.1, 0.15) is 11.6 Å². The number of anilines is 2. The molecule has 2 N–H and O–H groups in total. The smallest absolute Gasteiger partial charge is 0.256 e. The number of pyridine rings is 1. The van der Waals surface area contributed by atoms with Gasteiger partial charge in [-0.1, -0.05) is 0 Å². The predicted octanol–water partition coefficient (Wildman–Crippen LogP) is 2.48. The first-order valence-corrected chi connectivity index (χ1v) is 13.6. The molecule has 192 valence electrons. The van der Waals surface area contributed by atoms with E-state index in [0.29, 0.717) is 54.6 Å². The van der Waals surface area contributed by atoms with E-state index in [1.165, 1.54) is 12.4 Å². The van der Waals surface area contributed by atoms with Gasteiger partial charge in [0.25, 0.3) is 15.9 Å². The molecule has 6 rings (SSSR count). The predicted molar refractivity (Wildman–Crippen MR) is 136 cm³/mol. The minimum atomic E-state index is -3.47. The molecule has 5 heterocycles. The lowest BCUT2D eigenvalue weighted by atomic mass is 10.2. The highest BCUT2D eigenvalue weighted by atomic mass is 32.2. The molecule has 0 aromatic carbocycles. The van der Waals surface area contributed by atoms with Crippen molar-refractivity contribution in [3.8, 4) is 11.4 Å². The van der Waals surface area contributed by atoms with Gasteiger partial charge in [-0.3, -0.25) is 4.79 Å². The van der Waals surface area contributed by atoms with Crippen LogP contribution in [0.15, 0.2) is 43.1 Å². The van der Waals surface area contributed by atoms with Gasteiger partial charge in [-0.15, -0.1) is 0 Å². The molecule has 0 spiro atoms. The Kier molecular flexibility index (Phi) is 5.68. The lowest BCUT2D eigenvalue weighted by molar-refractivity contribution is -0.00343. The molecule has 12 nitrogen and oxygen atoms in total. The second kappa shape index (κ2) is 8.92. The topological polar surface area (TPSA) is 146 Å². The summed E-state index contributed by atoms with van der Waals surface area (Å²) in [6.07, 6.45) is 9.32. The third kappa shape index (κ3) is 4.44. The lowest BCUT2D eigenvalue weighted by Crippen LogP contribution is -2.48. The Balaban J connectivity index is 1.27. The largest absolute Gasteiger partial charge is 0.377 e. The maximum absolute atomic E-state index is 12.9. The van der Waals surface area contributed by atoms with Gasteiger partial charge >= 0.3 is 0 Å². The number of amides is 1. The molecule has 37 heavy (non-hydrogen) atoms. The first-order chi connectivity index (χ1) is 17.8. The number of nitrogens with one attached hydrogen (secondary N) is 2. The summed E-state index contributed by atoms with van der Waals surface area (Å²) >= 11 is 0. The Morgan fingerprint density at radius 2 is 1.95 bits per heavy atom. The van der Waals surface area contributed by atoms with Gasteiger partial charge in [0.2, 0.25) is 0 Å². The van der Waals surface area contributed by atoms with E-state index in [4.69, 9.17) is 4.74 Å². The Hall–Kier alpha value is -3.84. The Morgan fingerprint density at radius 3 is 2.65 bits per heavy atom. The zero-order chi connectivity index (χ0) is 25.7. The number of carbonyl (C=O) groups is 1. The van der Waals surface area contributed by atoms with Gasteiger partial charge in [0.15, 0.2) is 5.82 Å². The normalized spacial score (nSPS) is 16.2. The summed E-state index contributed by atoms with van der Waals surface area (Å²) in [5, 5.41) is 10.6. The van der Waals surface area contributed by atoms with E-state index in [9.17, 15) is 13.2 Å². The van der Waals surface area contributed by atoms with Crippen molar-refractivity contribution in [3.05, 3.63) is 48.7 Å². The van der Waals surface area contributed by atoms with Crippen molar-refractivity contribution >= 4 is 38.5 Å².